The molecule has 0 aliphatic carbocycles. The molecule has 0 unspecified atom stereocenters. The normalized spacial score (nSPS) is 16.8. The molecule has 4 heterocycles. The van der Waals surface area contributed by atoms with E-state index in [9.17, 15) is 4.79 Å². The number of thiazole rings is 1. The maximum Gasteiger partial charge on any atom is 0.274 e. The van der Waals surface area contributed by atoms with Gasteiger partial charge in [-0.25, -0.2) is 4.98 Å². The summed E-state index contributed by atoms with van der Waals surface area (Å²) in [4.78, 5) is 23.4. The van der Waals surface area contributed by atoms with Crippen molar-refractivity contribution in [3.63, 3.8) is 0 Å². The molecule has 1 aliphatic rings. The van der Waals surface area contributed by atoms with Crippen LogP contribution in [-0.2, 0) is 7.05 Å². The van der Waals surface area contributed by atoms with Gasteiger partial charge in [0.1, 0.15) is 5.69 Å². The van der Waals surface area contributed by atoms with Crippen LogP contribution in [0.25, 0.3) is 0 Å². The molecular formula is C18H20N6OS. The number of nitrogens with one attached hydrogen (secondary N) is 1. The van der Waals surface area contributed by atoms with Crippen molar-refractivity contribution in [1.82, 2.24) is 24.6 Å². The van der Waals surface area contributed by atoms with Gasteiger partial charge < -0.3 is 10.2 Å². The summed E-state index contributed by atoms with van der Waals surface area (Å²) in [6, 6.07) is 5.83. The molecule has 7 nitrogen and oxygen atoms in total. The van der Waals surface area contributed by atoms with E-state index in [-0.39, 0.29) is 11.8 Å². The van der Waals surface area contributed by atoms with Crippen LogP contribution in [0, 0.1) is 6.92 Å². The van der Waals surface area contributed by atoms with Crippen molar-refractivity contribution in [2.24, 2.45) is 7.05 Å². The molecule has 0 radical (unpaired) electrons. The van der Waals surface area contributed by atoms with E-state index in [4.69, 9.17) is 4.98 Å². The van der Waals surface area contributed by atoms with Crippen LogP contribution in [0.4, 0.5) is 10.8 Å². The maximum absolute atomic E-state index is 12.6. The quantitative estimate of drug-likeness (QED) is 0.766. The van der Waals surface area contributed by atoms with E-state index in [1.165, 1.54) is 0 Å². The Morgan fingerprint density at radius 1 is 1.38 bits per heavy atom. The molecule has 1 aliphatic heterocycles. The van der Waals surface area contributed by atoms with Gasteiger partial charge in [-0.15, -0.1) is 11.3 Å². The lowest BCUT2D eigenvalue weighted by Gasteiger charge is -2.16. The van der Waals surface area contributed by atoms with Crippen molar-refractivity contribution in [3.8, 4) is 0 Å². The summed E-state index contributed by atoms with van der Waals surface area (Å²) in [6.07, 6.45) is 4.48. The first-order chi connectivity index (χ1) is 12.6. The molecule has 3 aromatic heterocycles. The number of pyridine rings is 1. The van der Waals surface area contributed by atoms with Crippen LogP contribution in [0.1, 0.15) is 34.2 Å². The molecular weight excluding hydrogens is 348 g/mol. The molecule has 4 rings (SSSR count). The van der Waals surface area contributed by atoms with Crippen LogP contribution >= 0.6 is 11.3 Å². The SMILES string of the molecule is Cc1cc(Nc2nccs2)cc([C@@H]2CCN(C(=O)c3ccn(C)n3)C2)n1. The number of amides is 1. The average molecular weight is 368 g/mol. The number of aromatic nitrogens is 4. The highest BCUT2D eigenvalue weighted by molar-refractivity contribution is 7.13. The summed E-state index contributed by atoms with van der Waals surface area (Å²) < 4.78 is 1.65. The molecule has 0 bridgehead atoms. The molecule has 1 atom stereocenters. The van der Waals surface area contributed by atoms with E-state index in [0.29, 0.717) is 12.2 Å². The highest BCUT2D eigenvalue weighted by Crippen LogP contribution is 2.30. The Kier molecular flexibility index (Phi) is 4.42. The molecule has 1 N–H and O–H groups in total. The lowest BCUT2D eigenvalue weighted by Crippen LogP contribution is -2.29. The van der Waals surface area contributed by atoms with E-state index in [1.807, 2.05) is 30.3 Å². The van der Waals surface area contributed by atoms with Gasteiger partial charge in [0, 0.05) is 60.9 Å². The molecule has 0 aromatic carbocycles. The van der Waals surface area contributed by atoms with Crippen LogP contribution in [0.15, 0.2) is 36.0 Å². The zero-order valence-electron chi connectivity index (χ0n) is 14.7. The molecule has 0 spiro atoms. The fourth-order valence-electron chi connectivity index (χ4n) is 3.26. The van der Waals surface area contributed by atoms with E-state index in [2.05, 4.69) is 21.5 Å². The number of carbonyl (C=O) groups excluding carboxylic acids is 1. The standard InChI is InChI=1S/C18H20N6OS/c1-12-9-14(21-18-19-5-8-26-18)10-16(20-12)13-3-7-24(11-13)17(25)15-4-6-23(2)22-15/h4-6,8-10,13H,3,7,11H2,1-2H3,(H,19,20,21)/t13-/m1/s1. The summed E-state index contributed by atoms with van der Waals surface area (Å²) in [5.74, 6) is 0.223. The predicted octanol–water partition coefficient (Wildman–Crippen LogP) is 2.95. The van der Waals surface area contributed by atoms with E-state index >= 15 is 0 Å². The minimum Gasteiger partial charge on any atom is -0.337 e. The molecule has 1 fully saturated rings. The van der Waals surface area contributed by atoms with Crippen LogP contribution in [-0.4, -0.2) is 43.6 Å². The highest BCUT2D eigenvalue weighted by atomic mass is 32.1. The second kappa shape index (κ2) is 6.87. The second-order valence-corrected chi connectivity index (χ2v) is 7.39. The predicted molar refractivity (Wildman–Crippen MR) is 101 cm³/mol. The van der Waals surface area contributed by atoms with Crippen LogP contribution < -0.4 is 5.32 Å². The average Bonchev–Trinajstić information content (AvgIpc) is 3.35. The first kappa shape index (κ1) is 16.7. The summed E-state index contributed by atoms with van der Waals surface area (Å²) in [5.41, 5.74) is 3.45. The molecule has 8 heteroatoms. The zero-order chi connectivity index (χ0) is 18.1. The Morgan fingerprint density at radius 2 is 2.27 bits per heavy atom. The van der Waals surface area contributed by atoms with Gasteiger partial charge in [0.05, 0.1) is 0 Å². The van der Waals surface area contributed by atoms with Gasteiger partial charge in [0.15, 0.2) is 5.13 Å². The van der Waals surface area contributed by atoms with Crippen molar-refractivity contribution < 1.29 is 4.79 Å². The monoisotopic (exact) mass is 368 g/mol. The number of hydrogen-bond acceptors (Lipinski definition) is 6. The number of rotatable bonds is 4. The minimum atomic E-state index is -0.0121. The van der Waals surface area contributed by atoms with E-state index in [1.54, 1.807) is 34.5 Å². The van der Waals surface area contributed by atoms with Crippen molar-refractivity contribution >= 4 is 28.1 Å². The van der Waals surface area contributed by atoms with Crippen molar-refractivity contribution in [1.29, 1.82) is 0 Å². The largest absolute Gasteiger partial charge is 0.337 e. The molecule has 1 amide bonds. The zero-order valence-corrected chi connectivity index (χ0v) is 15.5. The first-order valence-electron chi connectivity index (χ1n) is 8.52. The lowest BCUT2D eigenvalue weighted by atomic mass is 10.0. The highest BCUT2D eigenvalue weighted by Gasteiger charge is 2.30. The number of carbonyl (C=O) groups is 1. The first-order valence-corrected chi connectivity index (χ1v) is 9.40. The fraction of sp³-hybridized carbons (Fsp3) is 0.333. The van der Waals surface area contributed by atoms with Crippen LogP contribution in [0.5, 0.6) is 0 Å². The van der Waals surface area contributed by atoms with E-state index in [0.717, 1.165) is 35.2 Å². The van der Waals surface area contributed by atoms with Gasteiger partial charge in [-0.2, -0.15) is 5.10 Å². The van der Waals surface area contributed by atoms with Crippen molar-refractivity contribution in [2.75, 3.05) is 18.4 Å². The van der Waals surface area contributed by atoms with Crippen LogP contribution in [0.3, 0.4) is 0 Å². The maximum atomic E-state index is 12.6. The Labute approximate surface area is 155 Å². The topological polar surface area (TPSA) is 75.9 Å². The second-order valence-electron chi connectivity index (χ2n) is 6.50. The molecule has 26 heavy (non-hydrogen) atoms. The third-order valence-corrected chi connectivity index (χ3v) is 5.17. The van der Waals surface area contributed by atoms with Gasteiger partial charge in [0.2, 0.25) is 0 Å². The van der Waals surface area contributed by atoms with Gasteiger partial charge in [-0.3, -0.25) is 14.5 Å². The number of nitrogens with zero attached hydrogens (tertiary/aromatic N) is 5. The minimum absolute atomic E-state index is 0.0121. The van der Waals surface area contributed by atoms with Gasteiger partial charge in [-0.05, 0) is 31.5 Å². The molecule has 3 aromatic rings. The fourth-order valence-corrected chi connectivity index (χ4v) is 3.81. The van der Waals surface area contributed by atoms with Gasteiger partial charge in [0.25, 0.3) is 5.91 Å². The van der Waals surface area contributed by atoms with Crippen molar-refractivity contribution in [2.45, 2.75) is 19.3 Å². The Bertz CT molecular complexity index is 920. The van der Waals surface area contributed by atoms with Gasteiger partial charge in [-0.1, -0.05) is 0 Å². The smallest absolute Gasteiger partial charge is 0.274 e. The van der Waals surface area contributed by atoms with Crippen LogP contribution in [0.2, 0.25) is 0 Å². The van der Waals surface area contributed by atoms with E-state index < -0.39 is 0 Å². The summed E-state index contributed by atoms with van der Waals surface area (Å²) in [5, 5.41) is 10.3. The Balaban J connectivity index is 1.49. The summed E-state index contributed by atoms with van der Waals surface area (Å²) in [7, 11) is 1.82. The number of likely N-dealkylation sites (tertiary alicyclic amines) is 1. The number of anilines is 2. The van der Waals surface area contributed by atoms with Crippen molar-refractivity contribution in [3.05, 3.63) is 53.1 Å². The summed E-state index contributed by atoms with van der Waals surface area (Å²) >= 11 is 1.56. The number of aryl methyl sites for hydroxylation is 2. The molecule has 0 saturated carbocycles. The summed E-state index contributed by atoms with van der Waals surface area (Å²) in [6.45, 7) is 3.38. The molecule has 1 saturated heterocycles. The third kappa shape index (κ3) is 3.45. The van der Waals surface area contributed by atoms with Gasteiger partial charge >= 0.3 is 0 Å². The number of hydrogen-bond donors (Lipinski definition) is 1. The Morgan fingerprint density at radius 3 is 3.00 bits per heavy atom. The lowest BCUT2D eigenvalue weighted by molar-refractivity contribution is 0.0784. The Hall–Kier alpha value is -2.74. The third-order valence-electron chi connectivity index (χ3n) is 4.48. The molecule has 134 valence electrons.